The van der Waals surface area contributed by atoms with Gasteiger partial charge in [0.1, 0.15) is 0 Å². The van der Waals surface area contributed by atoms with E-state index in [1.807, 2.05) is 17.9 Å². The Labute approximate surface area is 148 Å². The van der Waals surface area contributed by atoms with Gasteiger partial charge in [-0.05, 0) is 33.8 Å². The fourth-order valence-electron chi connectivity index (χ4n) is 3.67. The Morgan fingerprint density at radius 3 is 2.40 bits per heavy atom. The van der Waals surface area contributed by atoms with E-state index in [0.29, 0.717) is 24.3 Å². The molecule has 0 atom stereocenters. The average molecular weight is 345 g/mol. The van der Waals surface area contributed by atoms with E-state index in [1.54, 1.807) is 6.92 Å². The van der Waals surface area contributed by atoms with E-state index in [1.165, 1.54) is 0 Å². The number of nitrogens with zero attached hydrogens (tertiary/aromatic N) is 5. The van der Waals surface area contributed by atoms with Crippen LogP contribution in [0.5, 0.6) is 0 Å². The molecule has 2 aromatic rings. The lowest BCUT2D eigenvalue weighted by Crippen LogP contribution is -2.48. The molecule has 1 amide bonds. The Bertz CT molecular complexity index is 754. The average Bonchev–Trinajstić information content (AvgIpc) is 3.10. The topological polar surface area (TPSA) is 67.4 Å². The van der Waals surface area contributed by atoms with E-state index < -0.39 is 0 Å². The van der Waals surface area contributed by atoms with Crippen molar-refractivity contribution in [2.45, 2.75) is 47.2 Å². The fourth-order valence-corrected chi connectivity index (χ4v) is 3.67. The Hall–Kier alpha value is -2.15. The molecule has 7 heteroatoms. The summed E-state index contributed by atoms with van der Waals surface area (Å²) in [5, 5.41) is 3.94. The van der Waals surface area contributed by atoms with Crippen LogP contribution in [-0.2, 0) is 6.54 Å². The molecule has 0 aliphatic carbocycles. The molecule has 1 saturated heterocycles. The molecule has 0 radical (unpaired) electrons. The van der Waals surface area contributed by atoms with Crippen LogP contribution in [0.4, 0.5) is 0 Å². The maximum absolute atomic E-state index is 12.9. The highest BCUT2D eigenvalue weighted by Crippen LogP contribution is 2.22. The van der Waals surface area contributed by atoms with Gasteiger partial charge in [-0.1, -0.05) is 5.16 Å². The molecule has 3 heterocycles. The van der Waals surface area contributed by atoms with Crippen LogP contribution in [0.15, 0.2) is 10.6 Å². The lowest BCUT2D eigenvalue weighted by atomic mass is 10.2. The van der Waals surface area contributed by atoms with Gasteiger partial charge in [-0.15, -0.1) is 0 Å². The second kappa shape index (κ2) is 7.00. The van der Waals surface area contributed by atoms with E-state index in [4.69, 9.17) is 4.52 Å². The number of hydrogen-bond donors (Lipinski definition) is 0. The third-order valence-corrected chi connectivity index (χ3v) is 4.83. The van der Waals surface area contributed by atoms with Crippen molar-refractivity contribution >= 4 is 5.91 Å². The van der Waals surface area contributed by atoms with Crippen LogP contribution in [0, 0.1) is 20.8 Å². The minimum Gasteiger partial charge on any atom is -0.346 e. The van der Waals surface area contributed by atoms with Gasteiger partial charge in [-0.3, -0.25) is 9.69 Å². The van der Waals surface area contributed by atoms with Gasteiger partial charge in [0.15, 0.2) is 5.82 Å². The second-order valence-corrected chi connectivity index (χ2v) is 7.05. The summed E-state index contributed by atoms with van der Waals surface area (Å²) in [7, 11) is 0. The van der Waals surface area contributed by atoms with Gasteiger partial charge in [-0.25, -0.2) is 0 Å². The molecule has 2 aromatic heterocycles. The van der Waals surface area contributed by atoms with Gasteiger partial charge in [0.25, 0.3) is 5.91 Å². The SMILES string of the molecule is Cc1nc(CN2CCN(C(=O)c3cc(C)n(C(C)C)c3C)CC2)no1. The number of rotatable bonds is 4. The summed E-state index contributed by atoms with van der Waals surface area (Å²) in [5.41, 5.74) is 3.03. The van der Waals surface area contributed by atoms with Crippen molar-refractivity contribution in [1.82, 2.24) is 24.5 Å². The van der Waals surface area contributed by atoms with Crippen molar-refractivity contribution in [1.29, 1.82) is 0 Å². The smallest absolute Gasteiger partial charge is 0.255 e. The molecule has 0 unspecified atom stereocenters. The normalized spacial score (nSPS) is 16.0. The van der Waals surface area contributed by atoms with Crippen LogP contribution in [0.1, 0.15) is 53.4 Å². The molecule has 136 valence electrons. The molecular weight excluding hydrogens is 318 g/mol. The Balaban J connectivity index is 1.63. The molecule has 0 N–H and O–H groups in total. The van der Waals surface area contributed by atoms with Gasteiger partial charge in [0, 0.05) is 50.5 Å². The summed E-state index contributed by atoms with van der Waals surface area (Å²) in [4.78, 5) is 21.4. The first-order valence-electron chi connectivity index (χ1n) is 8.86. The molecular formula is C18H27N5O2. The number of carbonyl (C=O) groups is 1. The zero-order chi connectivity index (χ0) is 18.1. The highest BCUT2D eigenvalue weighted by Gasteiger charge is 2.26. The number of aryl methyl sites for hydroxylation is 2. The van der Waals surface area contributed by atoms with Crippen LogP contribution in [0.3, 0.4) is 0 Å². The van der Waals surface area contributed by atoms with Crippen molar-refractivity contribution in [3.05, 3.63) is 34.7 Å². The van der Waals surface area contributed by atoms with Crippen LogP contribution in [-0.4, -0.2) is 56.6 Å². The molecule has 25 heavy (non-hydrogen) atoms. The molecule has 1 aliphatic rings. The van der Waals surface area contributed by atoms with Gasteiger partial charge >= 0.3 is 0 Å². The van der Waals surface area contributed by atoms with Crippen molar-refractivity contribution in [2.24, 2.45) is 0 Å². The summed E-state index contributed by atoms with van der Waals surface area (Å²) < 4.78 is 7.24. The molecule has 0 saturated carbocycles. The minimum atomic E-state index is 0.134. The largest absolute Gasteiger partial charge is 0.346 e. The van der Waals surface area contributed by atoms with Crippen molar-refractivity contribution < 1.29 is 9.32 Å². The fraction of sp³-hybridized carbons (Fsp3) is 0.611. The maximum atomic E-state index is 12.9. The number of carbonyl (C=O) groups excluding carboxylic acids is 1. The quantitative estimate of drug-likeness (QED) is 0.851. The lowest BCUT2D eigenvalue weighted by Gasteiger charge is -2.34. The number of piperazine rings is 1. The Kier molecular flexibility index (Phi) is 4.94. The molecule has 0 aromatic carbocycles. The zero-order valence-corrected chi connectivity index (χ0v) is 15.7. The molecule has 0 bridgehead atoms. The van der Waals surface area contributed by atoms with E-state index in [9.17, 15) is 4.79 Å². The second-order valence-electron chi connectivity index (χ2n) is 7.05. The summed E-state index contributed by atoms with van der Waals surface area (Å²) in [6, 6.07) is 2.38. The summed E-state index contributed by atoms with van der Waals surface area (Å²) in [5.74, 6) is 1.43. The highest BCUT2D eigenvalue weighted by molar-refractivity contribution is 5.95. The minimum absolute atomic E-state index is 0.134. The van der Waals surface area contributed by atoms with Crippen LogP contribution >= 0.6 is 0 Å². The summed E-state index contributed by atoms with van der Waals surface area (Å²) >= 11 is 0. The third kappa shape index (κ3) is 3.61. The van der Waals surface area contributed by atoms with Gasteiger partial charge in [0.05, 0.1) is 12.1 Å². The predicted molar refractivity (Wildman–Crippen MR) is 94.5 cm³/mol. The van der Waals surface area contributed by atoms with Crippen molar-refractivity contribution in [3.8, 4) is 0 Å². The standard InChI is InChI=1S/C18H27N5O2/c1-12(2)23-13(3)10-16(14(23)4)18(24)22-8-6-21(7-9-22)11-17-19-15(5)25-20-17/h10,12H,6-9,11H2,1-5H3. The summed E-state index contributed by atoms with van der Waals surface area (Å²) in [6.07, 6.45) is 0. The molecule has 7 nitrogen and oxygen atoms in total. The monoisotopic (exact) mass is 345 g/mol. The first-order valence-corrected chi connectivity index (χ1v) is 8.86. The van der Waals surface area contributed by atoms with Gasteiger partial charge in [-0.2, -0.15) is 4.98 Å². The lowest BCUT2D eigenvalue weighted by molar-refractivity contribution is 0.0623. The van der Waals surface area contributed by atoms with Gasteiger partial charge < -0.3 is 14.0 Å². The Morgan fingerprint density at radius 1 is 1.20 bits per heavy atom. The zero-order valence-electron chi connectivity index (χ0n) is 15.7. The highest BCUT2D eigenvalue weighted by atomic mass is 16.5. The first-order chi connectivity index (χ1) is 11.9. The molecule has 3 rings (SSSR count). The van der Waals surface area contributed by atoms with E-state index in [0.717, 1.165) is 43.1 Å². The van der Waals surface area contributed by atoms with E-state index in [2.05, 4.69) is 40.4 Å². The number of aromatic nitrogens is 3. The predicted octanol–water partition coefficient (Wildman–Crippen LogP) is 2.34. The van der Waals surface area contributed by atoms with Crippen LogP contribution in [0.25, 0.3) is 0 Å². The van der Waals surface area contributed by atoms with Crippen molar-refractivity contribution in [2.75, 3.05) is 26.2 Å². The van der Waals surface area contributed by atoms with E-state index >= 15 is 0 Å². The van der Waals surface area contributed by atoms with Crippen LogP contribution in [0.2, 0.25) is 0 Å². The first kappa shape index (κ1) is 17.7. The van der Waals surface area contributed by atoms with Gasteiger partial charge in [0.2, 0.25) is 5.89 Å². The number of amides is 1. The Morgan fingerprint density at radius 2 is 1.88 bits per heavy atom. The van der Waals surface area contributed by atoms with Crippen LogP contribution < -0.4 is 0 Å². The third-order valence-electron chi connectivity index (χ3n) is 4.83. The molecule has 1 fully saturated rings. The number of hydrogen-bond acceptors (Lipinski definition) is 5. The van der Waals surface area contributed by atoms with E-state index in [-0.39, 0.29) is 5.91 Å². The maximum Gasteiger partial charge on any atom is 0.255 e. The summed E-state index contributed by atoms with van der Waals surface area (Å²) in [6.45, 7) is 13.9. The van der Waals surface area contributed by atoms with Crippen molar-refractivity contribution in [3.63, 3.8) is 0 Å². The molecule has 0 spiro atoms. The molecule has 1 aliphatic heterocycles.